The monoisotopic (exact) mass is 234 g/mol. The molecule has 3 rings (SSSR count). The first-order chi connectivity index (χ1) is 8.84. The summed E-state index contributed by atoms with van der Waals surface area (Å²) in [4.78, 5) is 0. The van der Waals surface area contributed by atoms with Crippen LogP contribution in [0.25, 0.3) is 10.8 Å². The van der Waals surface area contributed by atoms with Crippen LogP contribution in [-0.2, 0) is 0 Å². The van der Waals surface area contributed by atoms with E-state index in [4.69, 9.17) is 0 Å². The second-order valence-corrected chi connectivity index (χ2v) is 4.61. The molecule has 0 unspecified atom stereocenters. The van der Waals surface area contributed by atoms with Gasteiger partial charge in [-0.2, -0.15) is 4.57 Å². The van der Waals surface area contributed by atoms with Crippen molar-refractivity contribution in [3.8, 4) is 0 Å². The number of pyridine rings is 1. The molecule has 0 spiro atoms. The van der Waals surface area contributed by atoms with Gasteiger partial charge in [0, 0.05) is 23.9 Å². The number of nitrogens with zero attached hydrogens (tertiary/aromatic N) is 1. The SMILES string of the molecule is C[C@H](c1ccccc1)[n+]1ccc2ccccc2c1. The van der Waals surface area contributed by atoms with Gasteiger partial charge in [0.15, 0.2) is 18.4 Å². The van der Waals surface area contributed by atoms with Crippen LogP contribution >= 0.6 is 0 Å². The van der Waals surface area contributed by atoms with E-state index in [-0.39, 0.29) is 0 Å². The van der Waals surface area contributed by atoms with E-state index < -0.39 is 0 Å². The molecular weight excluding hydrogens is 218 g/mol. The minimum absolute atomic E-state index is 0.357. The van der Waals surface area contributed by atoms with Crippen molar-refractivity contribution in [2.45, 2.75) is 13.0 Å². The summed E-state index contributed by atoms with van der Waals surface area (Å²) in [7, 11) is 0. The zero-order valence-electron chi connectivity index (χ0n) is 10.5. The highest BCUT2D eigenvalue weighted by Gasteiger charge is 2.14. The second kappa shape index (κ2) is 4.61. The van der Waals surface area contributed by atoms with Crippen LogP contribution in [-0.4, -0.2) is 0 Å². The van der Waals surface area contributed by atoms with Crippen LogP contribution in [0.4, 0.5) is 0 Å². The molecule has 1 nitrogen and oxygen atoms in total. The first-order valence-corrected chi connectivity index (χ1v) is 6.29. The summed E-state index contributed by atoms with van der Waals surface area (Å²) in [5.74, 6) is 0. The van der Waals surface area contributed by atoms with Crippen LogP contribution in [0.3, 0.4) is 0 Å². The van der Waals surface area contributed by atoms with Crippen LogP contribution in [0.5, 0.6) is 0 Å². The minimum Gasteiger partial charge on any atom is -0.198 e. The fourth-order valence-corrected chi connectivity index (χ4v) is 2.29. The number of rotatable bonds is 2. The van der Waals surface area contributed by atoms with Gasteiger partial charge in [0.25, 0.3) is 0 Å². The third-order valence-corrected chi connectivity index (χ3v) is 3.44. The standard InChI is InChI=1S/C17H16N/c1-14(15-7-3-2-4-8-15)18-12-11-16-9-5-6-10-17(16)13-18/h2-14H,1H3/q+1/t14-/m1/s1. The molecular formula is C17H16N+. The van der Waals surface area contributed by atoms with Gasteiger partial charge in [-0.25, -0.2) is 0 Å². The summed E-state index contributed by atoms with van der Waals surface area (Å²) in [5, 5.41) is 2.57. The maximum Gasteiger partial charge on any atom is 0.180 e. The van der Waals surface area contributed by atoms with Crippen molar-refractivity contribution in [1.82, 2.24) is 0 Å². The van der Waals surface area contributed by atoms with E-state index in [1.807, 2.05) is 0 Å². The fraction of sp³-hybridized carbons (Fsp3) is 0.118. The lowest BCUT2D eigenvalue weighted by Gasteiger charge is -2.07. The molecule has 2 aromatic carbocycles. The summed E-state index contributed by atoms with van der Waals surface area (Å²) in [6.45, 7) is 2.23. The van der Waals surface area contributed by atoms with Gasteiger partial charge in [0.1, 0.15) is 0 Å². The van der Waals surface area contributed by atoms with Crippen LogP contribution < -0.4 is 4.57 Å². The van der Waals surface area contributed by atoms with E-state index in [1.54, 1.807) is 0 Å². The third kappa shape index (κ3) is 2.00. The zero-order chi connectivity index (χ0) is 12.4. The van der Waals surface area contributed by atoms with Crippen LogP contribution in [0, 0.1) is 0 Å². The molecule has 0 aliphatic rings. The lowest BCUT2D eigenvalue weighted by Crippen LogP contribution is -2.37. The Labute approximate surface area is 107 Å². The summed E-state index contributed by atoms with van der Waals surface area (Å²) >= 11 is 0. The number of aromatic nitrogens is 1. The van der Waals surface area contributed by atoms with Gasteiger partial charge in [-0.15, -0.1) is 0 Å². The Hall–Kier alpha value is -2.15. The highest BCUT2D eigenvalue weighted by molar-refractivity contribution is 5.80. The van der Waals surface area contributed by atoms with E-state index in [1.165, 1.54) is 16.3 Å². The van der Waals surface area contributed by atoms with Gasteiger partial charge in [-0.3, -0.25) is 0 Å². The van der Waals surface area contributed by atoms with Crippen LogP contribution in [0.1, 0.15) is 18.5 Å². The number of fused-ring (bicyclic) bond motifs is 1. The molecule has 0 fully saturated rings. The van der Waals surface area contributed by atoms with Crippen molar-refractivity contribution < 1.29 is 4.57 Å². The zero-order valence-corrected chi connectivity index (χ0v) is 10.5. The van der Waals surface area contributed by atoms with Crippen molar-refractivity contribution in [3.63, 3.8) is 0 Å². The van der Waals surface area contributed by atoms with E-state index in [0.29, 0.717) is 6.04 Å². The molecule has 0 amide bonds. The molecule has 0 saturated carbocycles. The molecule has 18 heavy (non-hydrogen) atoms. The Kier molecular flexibility index (Phi) is 2.81. The molecule has 0 radical (unpaired) electrons. The van der Waals surface area contributed by atoms with Gasteiger partial charge in [0.05, 0.1) is 0 Å². The highest BCUT2D eigenvalue weighted by Crippen LogP contribution is 2.14. The molecule has 3 aromatic rings. The molecule has 1 atom stereocenters. The Balaban J connectivity index is 2.04. The Morgan fingerprint density at radius 3 is 2.22 bits per heavy atom. The minimum atomic E-state index is 0.357. The summed E-state index contributed by atoms with van der Waals surface area (Å²) < 4.78 is 2.26. The average Bonchev–Trinajstić information content (AvgIpc) is 2.47. The quantitative estimate of drug-likeness (QED) is 0.595. The summed E-state index contributed by atoms with van der Waals surface area (Å²) in [5.41, 5.74) is 1.33. The molecule has 0 aliphatic heterocycles. The van der Waals surface area contributed by atoms with Gasteiger partial charge in [-0.1, -0.05) is 48.5 Å². The maximum absolute atomic E-state index is 2.26. The Morgan fingerprint density at radius 1 is 0.778 bits per heavy atom. The number of hydrogen-bond acceptors (Lipinski definition) is 0. The van der Waals surface area contributed by atoms with E-state index in [0.717, 1.165) is 0 Å². The molecule has 0 aliphatic carbocycles. The largest absolute Gasteiger partial charge is 0.198 e. The molecule has 88 valence electrons. The van der Waals surface area contributed by atoms with E-state index >= 15 is 0 Å². The molecule has 1 aromatic heterocycles. The number of benzene rings is 2. The predicted octanol–water partition coefficient (Wildman–Crippen LogP) is 3.74. The Morgan fingerprint density at radius 2 is 1.44 bits per heavy atom. The van der Waals surface area contributed by atoms with Crippen LogP contribution in [0.2, 0.25) is 0 Å². The normalized spacial score (nSPS) is 12.5. The van der Waals surface area contributed by atoms with Crippen molar-refractivity contribution in [3.05, 3.63) is 78.6 Å². The van der Waals surface area contributed by atoms with Crippen molar-refractivity contribution in [2.75, 3.05) is 0 Å². The molecule has 1 heterocycles. The third-order valence-electron chi connectivity index (χ3n) is 3.44. The first-order valence-electron chi connectivity index (χ1n) is 6.29. The number of hydrogen-bond donors (Lipinski definition) is 0. The van der Waals surface area contributed by atoms with Crippen LogP contribution in [0.15, 0.2) is 73.1 Å². The van der Waals surface area contributed by atoms with Gasteiger partial charge >= 0.3 is 0 Å². The molecule has 0 bridgehead atoms. The molecule has 0 N–H and O–H groups in total. The first kappa shape index (κ1) is 11.0. The van der Waals surface area contributed by atoms with Gasteiger partial charge < -0.3 is 0 Å². The van der Waals surface area contributed by atoms with Crippen molar-refractivity contribution in [2.24, 2.45) is 0 Å². The molecule has 0 saturated heterocycles. The average molecular weight is 234 g/mol. The van der Waals surface area contributed by atoms with E-state index in [9.17, 15) is 0 Å². The fourth-order valence-electron chi connectivity index (χ4n) is 2.29. The Bertz CT molecular complexity index is 659. The van der Waals surface area contributed by atoms with Gasteiger partial charge in [-0.05, 0) is 11.5 Å². The van der Waals surface area contributed by atoms with Crippen molar-refractivity contribution >= 4 is 10.8 Å². The van der Waals surface area contributed by atoms with Crippen molar-refractivity contribution in [1.29, 1.82) is 0 Å². The second-order valence-electron chi connectivity index (χ2n) is 4.61. The maximum atomic E-state index is 2.26. The van der Waals surface area contributed by atoms with E-state index in [2.05, 4.69) is 84.5 Å². The highest BCUT2D eigenvalue weighted by atomic mass is 15.0. The predicted molar refractivity (Wildman–Crippen MR) is 74.4 cm³/mol. The lowest BCUT2D eigenvalue weighted by molar-refractivity contribution is -0.709. The smallest absolute Gasteiger partial charge is 0.180 e. The summed E-state index contributed by atoms with van der Waals surface area (Å²) in [6, 6.07) is 21.6. The molecule has 1 heteroatoms. The summed E-state index contributed by atoms with van der Waals surface area (Å²) in [6.07, 6.45) is 4.37. The lowest BCUT2D eigenvalue weighted by atomic mass is 10.1. The topological polar surface area (TPSA) is 3.88 Å². The van der Waals surface area contributed by atoms with Gasteiger partial charge in [0.2, 0.25) is 0 Å².